The summed E-state index contributed by atoms with van der Waals surface area (Å²) >= 11 is 0. The van der Waals surface area contributed by atoms with Crippen LogP contribution >= 0.6 is 12.4 Å². The van der Waals surface area contributed by atoms with Crippen molar-refractivity contribution < 1.29 is 13.3 Å². The van der Waals surface area contributed by atoms with E-state index in [9.17, 15) is 0 Å². The highest BCUT2D eigenvalue weighted by molar-refractivity contribution is 6.57. The SMILES string of the molecule is C=Cc1ccccc1CNCCN(CCC)[Si](OC)(OC)OC.Cl. The molecule has 138 valence electrons. The molecule has 24 heavy (non-hydrogen) atoms. The van der Waals surface area contributed by atoms with Gasteiger partial charge in [-0.2, -0.15) is 0 Å². The fraction of sp³-hybridized carbons (Fsp3) is 0.529. The first-order valence-electron chi connectivity index (χ1n) is 7.99. The number of halogens is 1. The molecule has 0 atom stereocenters. The number of hydrogen-bond donors (Lipinski definition) is 1. The monoisotopic (exact) mass is 374 g/mol. The van der Waals surface area contributed by atoms with Crippen LogP contribution in [0.15, 0.2) is 30.8 Å². The highest BCUT2D eigenvalue weighted by atomic mass is 35.5. The van der Waals surface area contributed by atoms with Crippen LogP contribution in [0.1, 0.15) is 24.5 Å². The number of hydrogen-bond acceptors (Lipinski definition) is 5. The zero-order chi connectivity index (χ0) is 17.1. The highest BCUT2D eigenvalue weighted by Gasteiger charge is 2.45. The van der Waals surface area contributed by atoms with E-state index in [0.717, 1.165) is 32.6 Å². The average molecular weight is 375 g/mol. The molecule has 0 heterocycles. The quantitative estimate of drug-likeness (QED) is 0.450. The summed E-state index contributed by atoms with van der Waals surface area (Å²) in [5, 5.41) is 3.48. The Morgan fingerprint density at radius 2 is 1.75 bits per heavy atom. The summed E-state index contributed by atoms with van der Waals surface area (Å²) in [7, 11) is 2.21. The minimum Gasteiger partial charge on any atom is -0.364 e. The molecule has 1 N–H and O–H groups in total. The van der Waals surface area contributed by atoms with Gasteiger partial charge in [-0.25, -0.2) is 0 Å². The van der Waals surface area contributed by atoms with Gasteiger partial charge in [0, 0.05) is 41.0 Å². The largest absolute Gasteiger partial charge is 0.598 e. The molecule has 0 spiro atoms. The summed E-state index contributed by atoms with van der Waals surface area (Å²) < 4.78 is 18.9. The number of rotatable bonds is 12. The molecule has 1 rings (SSSR count). The van der Waals surface area contributed by atoms with Crippen molar-refractivity contribution in [3.63, 3.8) is 0 Å². The van der Waals surface area contributed by atoms with Crippen LogP contribution in [0.5, 0.6) is 0 Å². The highest BCUT2D eigenvalue weighted by Crippen LogP contribution is 2.13. The van der Waals surface area contributed by atoms with Crippen LogP contribution in [0, 0.1) is 0 Å². The fourth-order valence-electron chi connectivity index (χ4n) is 2.62. The number of benzene rings is 1. The number of nitrogens with zero attached hydrogens (tertiary/aromatic N) is 1. The molecule has 0 unspecified atom stereocenters. The van der Waals surface area contributed by atoms with Crippen LogP contribution in [-0.4, -0.2) is 54.5 Å². The maximum absolute atomic E-state index is 5.58. The van der Waals surface area contributed by atoms with E-state index < -0.39 is 8.97 Å². The lowest BCUT2D eigenvalue weighted by Crippen LogP contribution is -2.60. The van der Waals surface area contributed by atoms with Crippen molar-refractivity contribution in [2.75, 3.05) is 41.0 Å². The molecular weight excluding hydrogens is 344 g/mol. The molecule has 0 fully saturated rings. The lowest BCUT2D eigenvalue weighted by atomic mass is 10.1. The third-order valence-electron chi connectivity index (χ3n) is 3.80. The summed E-state index contributed by atoms with van der Waals surface area (Å²) in [4.78, 5) is 0. The van der Waals surface area contributed by atoms with Gasteiger partial charge in [0.1, 0.15) is 0 Å². The van der Waals surface area contributed by atoms with Crippen molar-refractivity contribution in [2.45, 2.75) is 19.9 Å². The third kappa shape index (κ3) is 6.29. The minimum atomic E-state index is -2.74. The molecule has 0 aliphatic carbocycles. The smallest absolute Gasteiger partial charge is 0.364 e. The molecular formula is C17H31ClN2O3Si. The maximum Gasteiger partial charge on any atom is 0.598 e. The van der Waals surface area contributed by atoms with E-state index in [1.807, 2.05) is 18.2 Å². The van der Waals surface area contributed by atoms with Gasteiger partial charge < -0.3 is 18.6 Å². The normalized spacial score (nSPS) is 11.4. The summed E-state index contributed by atoms with van der Waals surface area (Å²) in [5.74, 6) is 0. The Bertz CT molecular complexity index is 465. The Balaban J connectivity index is 0.00000529. The van der Waals surface area contributed by atoms with Gasteiger partial charge in [0.05, 0.1) is 0 Å². The van der Waals surface area contributed by atoms with E-state index in [2.05, 4.69) is 35.5 Å². The van der Waals surface area contributed by atoms with Crippen LogP contribution in [0.25, 0.3) is 6.08 Å². The van der Waals surface area contributed by atoms with Crippen LogP contribution in [0.2, 0.25) is 0 Å². The molecule has 5 nitrogen and oxygen atoms in total. The Morgan fingerprint density at radius 1 is 1.12 bits per heavy atom. The Labute approximate surface area is 153 Å². The molecule has 1 aromatic rings. The predicted molar refractivity (Wildman–Crippen MR) is 104 cm³/mol. The van der Waals surface area contributed by atoms with Gasteiger partial charge in [0.15, 0.2) is 0 Å². The van der Waals surface area contributed by atoms with Gasteiger partial charge in [-0.3, -0.25) is 4.57 Å². The van der Waals surface area contributed by atoms with Crippen molar-refractivity contribution in [2.24, 2.45) is 0 Å². The second kappa shape index (κ2) is 12.6. The molecule has 0 radical (unpaired) electrons. The second-order valence-corrected chi connectivity index (χ2v) is 8.11. The Kier molecular flexibility index (Phi) is 12.2. The van der Waals surface area contributed by atoms with E-state index in [0.29, 0.717) is 0 Å². The van der Waals surface area contributed by atoms with Gasteiger partial charge in [0.2, 0.25) is 0 Å². The van der Waals surface area contributed by atoms with Crippen LogP contribution in [0.3, 0.4) is 0 Å². The Morgan fingerprint density at radius 3 is 2.29 bits per heavy atom. The molecule has 0 aliphatic rings. The zero-order valence-electron chi connectivity index (χ0n) is 15.2. The van der Waals surface area contributed by atoms with Crippen molar-refractivity contribution in [3.8, 4) is 0 Å². The van der Waals surface area contributed by atoms with Gasteiger partial charge in [-0.1, -0.05) is 43.8 Å². The number of nitrogens with one attached hydrogen (secondary N) is 1. The van der Waals surface area contributed by atoms with Gasteiger partial charge in [-0.15, -0.1) is 12.4 Å². The molecule has 0 saturated heterocycles. The topological polar surface area (TPSA) is 43.0 Å². The lowest BCUT2D eigenvalue weighted by Gasteiger charge is -2.35. The van der Waals surface area contributed by atoms with E-state index >= 15 is 0 Å². The minimum absolute atomic E-state index is 0. The predicted octanol–water partition coefficient (Wildman–Crippen LogP) is 2.93. The standard InChI is InChI=1S/C17H30N2O3Si.ClH/c1-6-13-19(23(20-3,21-4)22-5)14-12-18-15-17-11-9-8-10-16(17)7-2;/h7-11,18H,2,6,12-15H2,1,3-5H3;1H. The van der Waals surface area contributed by atoms with Gasteiger partial charge in [-0.05, 0) is 24.1 Å². The molecule has 0 bridgehead atoms. The second-order valence-electron chi connectivity index (χ2n) is 5.20. The van der Waals surface area contributed by atoms with E-state index in [-0.39, 0.29) is 12.4 Å². The summed E-state index contributed by atoms with van der Waals surface area (Å²) in [6.45, 7) is 9.33. The van der Waals surface area contributed by atoms with E-state index in [4.69, 9.17) is 13.3 Å². The summed E-state index contributed by atoms with van der Waals surface area (Å²) in [5.41, 5.74) is 2.41. The van der Waals surface area contributed by atoms with E-state index in [1.165, 1.54) is 11.1 Å². The van der Waals surface area contributed by atoms with Crippen molar-refractivity contribution >= 4 is 27.4 Å². The van der Waals surface area contributed by atoms with Gasteiger partial charge >= 0.3 is 8.97 Å². The maximum atomic E-state index is 5.58. The summed E-state index contributed by atoms with van der Waals surface area (Å²) in [6.07, 6.45) is 2.91. The van der Waals surface area contributed by atoms with Crippen molar-refractivity contribution in [1.29, 1.82) is 0 Å². The fourth-order valence-corrected chi connectivity index (χ4v) is 4.78. The molecule has 0 aromatic heterocycles. The van der Waals surface area contributed by atoms with Crippen LogP contribution < -0.4 is 5.32 Å². The van der Waals surface area contributed by atoms with E-state index in [1.54, 1.807) is 21.3 Å². The summed E-state index contributed by atoms with van der Waals surface area (Å²) in [6, 6.07) is 8.27. The van der Waals surface area contributed by atoms with Crippen LogP contribution in [0.4, 0.5) is 0 Å². The lowest BCUT2D eigenvalue weighted by molar-refractivity contribution is 0.0575. The Hall–Kier alpha value is -0.733. The first kappa shape index (κ1) is 23.3. The van der Waals surface area contributed by atoms with Gasteiger partial charge in [0.25, 0.3) is 0 Å². The third-order valence-corrected chi connectivity index (χ3v) is 6.57. The molecule has 0 amide bonds. The first-order valence-corrected chi connectivity index (χ1v) is 9.66. The average Bonchev–Trinajstić information content (AvgIpc) is 2.60. The van der Waals surface area contributed by atoms with Crippen molar-refractivity contribution in [3.05, 3.63) is 42.0 Å². The molecule has 0 saturated carbocycles. The molecule has 7 heteroatoms. The van der Waals surface area contributed by atoms with Crippen molar-refractivity contribution in [1.82, 2.24) is 9.88 Å². The molecule has 1 aromatic carbocycles. The molecule has 0 aliphatic heterocycles. The first-order chi connectivity index (χ1) is 11.2. The van der Waals surface area contributed by atoms with Crippen LogP contribution in [-0.2, 0) is 19.8 Å². The zero-order valence-corrected chi connectivity index (χ0v) is 17.0.